The van der Waals surface area contributed by atoms with Gasteiger partial charge >= 0.3 is 0 Å². The third-order valence-electron chi connectivity index (χ3n) is 3.41. The quantitative estimate of drug-likeness (QED) is 0.728. The fourth-order valence-electron chi connectivity index (χ4n) is 2.00. The molecular formula is C11H22BrNO3S. The smallest absolute Gasteiger partial charge is 0.214 e. The lowest BCUT2D eigenvalue weighted by Gasteiger charge is -2.30. The Labute approximate surface area is 113 Å². The third kappa shape index (κ3) is 4.50. The van der Waals surface area contributed by atoms with Gasteiger partial charge in [-0.25, -0.2) is 13.1 Å². The van der Waals surface area contributed by atoms with E-state index in [2.05, 4.69) is 20.7 Å². The molecule has 1 saturated heterocycles. The van der Waals surface area contributed by atoms with Gasteiger partial charge in [-0.05, 0) is 25.7 Å². The first kappa shape index (κ1) is 15.4. The Hall–Kier alpha value is 0.350. The van der Waals surface area contributed by atoms with Crippen LogP contribution in [0.2, 0.25) is 0 Å². The van der Waals surface area contributed by atoms with Gasteiger partial charge in [0.2, 0.25) is 10.0 Å². The second-order valence-corrected chi connectivity index (χ2v) is 6.97. The van der Waals surface area contributed by atoms with Crippen molar-refractivity contribution in [3.05, 3.63) is 0 Å². The molecule has 1 aliphatic rings. The molecule has 1 aliphatic heterocycles. The van der Waals surface area contributed by atoms with Crippen molar-refractivity contribution in [2.45, 2.75) is 51.2 Å². The van der Waals surface area contributed by atoms with E-state index in [1.165, 1.54) is 0 Å². The predicted octanol–water partition coefficient (Wildman–Crippen LogP) is 2.04. The largest absolute Gasteiger partial charge is 0.377 e. The van der Waals surface area contributed by atoms with E-state index in [-0.39, 0.29) is 17.4 Å². The van der Waals surface area contributed by atoms with Gasteiger partial charge in [0.05, 0.1) is 11.9 Å². The molecule has 0 bridgehead atoms. The van der Waals surface area contributed by atoms with Gasteiger partial charge in [0.15, 0.2) is 0 Å². The second kappa shape index (κ2) is 6.50. The molecule has 1 atom stereocenters. The Bertz CT molecular complexity index is 313. The molecule has 102 valence electrons. The molecule has 0 amide bonds. The van der Waals surface area contributed by atoms with E-state index in [1.807, 2.05) is 13.8 Å². The minimum atomic E-state index is -3.26. The summed E-state index contributed by atoms with van der Waals surface area (Å²) < 4.78 is 32.3. The van der Waals surface area contributed by atoms with E-state index >= 15 is 0 Å². The van der Waals surface area contributed by atoms with Crippen LogP contribution in [0.1, 0.15) is 39.5 Å². The Balaban J connectivity index is 2.63. The average Bonchev–Trinajstić information content (AvgIpc) is 2.78. The van der Waals surface area contributed by atoms with Gasteiger partial charge in [-0.3, -0.25) is 0 Å². The number of alkyl halides is 1. The first-order valence-corrected chi connectivity index (χ1v) is 8.93. The number of nitrogens with one attached hydrogen (secondary N) is 1. The molecule has 1 heterocycles. The van der Waals surface area contributed by atoms with Crippen molar-refractivity contribution in [2.24, 2.45) is 0 Å². The van der Waals surface area contributed by atoms with Crippen molar-refractivity contribution in [2.75, 3.05) is 17.7 Å². The van der Waals surface area contributed by atoms with E-state index in [1.54, 1.807) is 0 Å². The molecule has 0 aromatic heterocycles. The highest BCUT2D eigenvalue weighted by atomic mass is 79.9. The summed E-state index contributed by atoms with van der Waals surface area (Å²) >= 11 is 3.40. The molecule has 17 heavy (non-hydrogen) atoms. The van der Waals surface area contributed by atoms with E-state index in [9.17, 15) is 8.42 Å². The summed E-state index contributed by atoms with van der Waals surface area (Å²) in [6, 6.07) is 0. The zero-order chi connectivity index (χ0) is 12.9. The van der Waals surface area contributed by atoms with Crippen molar-refractivity contribution >= 4 is 26.0 Å². The van der Waals surface area contributed by atoms with Crippen LogP contribution in [-0.2, 0) is 14.8 Å². The van der Waals surface area contributed by atoms with E-state index in [0.29, 0.717) is 11.9 Å². The van der Waals surface area contributed by atoms with Crippen molar-refractivity contribution in [3.63, 3.8) is 0 Å². The first-order valence-electron chi connectivity index (χ1n) is 6.16. The van der Waals surface area contributed by atoms with Gasteiger partial charge in [-0.1, -0.05) is 29.8 Å². The molecule has 4 nitrogen and oxygen atoms in total. The number of hydrogen-bond acceptors (Lipinski definition) is 3. The van der Waals surface area contributed by atoms with Crippen LogP contribution in [0, 0.1) is 0 Å². The Morgan fingerprint density at radius 3 is 2.47 bits per heavy atom. The summed E-state index contributed by atoms with van der Waals surface area (Å²) in [5, 5.41) is 0.637. The van der Waals surface area contributed by atoms with Crippen molar-refractivity contribution in [3.8, 4) is 0 Å². The van der Waals surface area contributed by atoms with E-state index < -0.39 is 10.0 Å². The van der Waals surface area contributed by atoms with Gasteiger partial charge in [0.25, 0.3) is 0 Å². The SMILES string of the molecule is CCC(CC)(CBr)NS(=O)(=O)CC1CCCO1. The molecule has 0 spiro atoms. The van der Waals surface area contributed by atoms with Crippen molar-refractivity contribution in [1.29, 1.82) is 0 Å². The van der Waals surface area contributed by atoms with Gasteiger partial charge in [0, 0.05) is 17.5 Å². The third-order valence-corrected chi connectivity index (χ3v) is 6.04. The van der Waals surface area contributed by atoms with Gasteiger partial charge in [-0.15, -0.1) is 0 Å². The highest BCUT2D eigenvalue weighted by molar-refractivity contribution is 9.09. The summed E-state index contributed by atoms with van der Waals surface area (Å²) in [6.45, 7) is 4.68. The number of ether oxygens (including phenoxy) is 1. The van der Waals surface area contributed by atoms with Crippen LogP contribution >= 0.6 is 15.9 Å². The fraction of sp³-hybridized carbons (Fsp3) is 1.00. The zero-order valence-electron chi connectivity index (χ0n) is 10.5. The molecule has 1 N–H and O–H groups in total. The minimum absolute atomic E-state index is 0.0851. The first-order chi connectivity index (χ1) is 7.97. The van der Waals surface area contributed by atoms with Crippen molar-refractivity contribution < 1.29 is 13.2 Å². The van der Waals surface area contributed by atoms with E-state index in [0.717, 1.165) is 25.7 Å². The summed E-state index contributed by atoms with van der Waals surface area (Å²) in [7, 11) is -3.26. The number of hydrogen-bond donors (Lipinski definition) is 1. The molecule has 0 aliphatic carbocycles. The Morgan fingerprint density at radius 2 is 2.06 bits per heavy atom. The van der Waals surface area contributed by atoms with Crippen LogP contribution in [0.5, 0.6) is 0 Å². The maximum atomic E-state index is 12.1. The highest BCUT2D eigenvalue weighted by Crippen LogP contribution is 2.21. The Kier molecular flexibility index (Phi) is 5.89. The number of halogens is 1. The summed E-state index contributed by atoms with van der Waals surface area (Å²) in [6.07, 6.45) is 3.24. The average molecular weight is 328 g/mol. The van der Waals surface area contributed by atoms with Crippen molar-refractivity contribution in [1.82, 2.24) is 4.72 Å². The summed E-state index contributed by atoms with van der Waals surface area (Å²) in [4.78, 5) is 0. The minimum Gasteiger partial charge on any atom is -0.377 e. The molecular weight excluding hydrogens is 306 g/mol. The molecule has 0 aromatic carbocycles. The zero-order valence-corrected chi connectivity index (χ0v) is 12.9. The summed E-state index contributed by atoms with van der Waals surface area (Å²) in [5.74, 6) is 0.0851. The van der Waals surface area contributed by atoms with E-state index in [4.69, 9.17) is 4.74 Å². The van der Waals surface area contributed by atoms with Gasteiger partial charge in [-0.2, -0.15) is 0 Å². The van der Waals surface area contributed by atoms with Gasteiger partial charge in [0.1, 0.15) is 0 Å². The highest BCUT2D eigenvalue weighted by Gasteiger charge is 2.32. The molecule has 1 rings (SSSR count). The van der Waals surface area contributed by atoms with Crippen LogP contribution in [0.4, 0.5) is 0 Å². The lowest BCUT2D eigenvalue weighted by molar-refractivity contribution is 0.127. The van der Waals surface area contributed by atoms with Crippen LogP contribution in [0.15, 0.2) is 0 Å². The second-order valence-electron chi connectivity index (χ2n) is 4.64. The molecule has 6 heteroatoms. The molecule has 0 aromatic rings. The standard InChI is InChI=1S/C11H22BrNO3S/c1-3-11(4-2,9-12)13-17(14,15)8-10-6-5-7-16-10/h10,13H,3-9H2,1-2H3. The van der Waals surface area contributed by atoms with Gasteiger partial charge < -0.3 is 4.74 Å². The normalized spacial score (nSPS) is 21.9. The monoisotopic (exact) mass is 327 g/mol. The fourth-order valence-corrected chi connectivity index (χ4v) is 4.98. The molecule has 1 unspecified atom stereocenters. The van der Waals surface area contributed by atoms with Crippen LogP contribution in [0.3, 0.4) is 0 Å². The summed E-state index contributed by atoms with van der Waals surface area (Å²) in [5.41, 5.74) is -0.364. The lowest BCUT2D eigenvalue weighted by Crippen LogP contribution is -2.50. The predicted molar refractivity (Wildman–Crippen MR) is 73.0 cm³/mol. The molecule has 0 radical (unpaired) electrons. The maximum absolute atomic E-state index is 12.1. The van der Waals surface area contributed by atoms with Crippen LogP contribution in [-0.4, -0.2) is 37.8 Å². The topological polar surface area (TPSA) is 55.4 Å². The number of sulfonamides is 1. The lowest BCUT2D eigenvalue weighted by atomic mass is 9.97. The maximum Gasteiger partial charge on any atom is 0.214 e. The molecule has 0 saturated carbocycles. The molecule has 1 fully saturated rings. The van der Waals surface area contributed by atoms with Crippen LogP contribution in [0.25, 0.3) is 0 Å². The number of rotatable bonds is 7. The van der Waals surface area contributed by atoms with Crippen LogP contribution < -0.4 is 4.72 Å². The Morgan fingerprint density at radius 1 is 1.41 bits per heavy atom.